The van der Waals surface area contributed by atoms with E-state index in [0.717, 1.165) is 12.8 Å². The number of unbranched alkanes of at least 4 members (excludes halogenated alkanes) is 18. The maximum absolute atomic E-state index is 13.3. The molecule has 2 rings (SSSR count). The van der Waals surface area contributed by atoms with Crippen molar-refractivity contribution in [3.05, 3.63) is 0 Å². The Bertz CT molecular complexity index is 920. The van der Waals surface area contributed by atoms with E-state index < -0.39 is 6.16 Å². The second-order valence-electron chi connectivity index (χ2n) is 19.8. The predicted octanol–water partition coefficient (Wildman–Crippen LogP) is 13.6. The molecule has 2 heterocycles. The monoisotopic (exact) mass is 797 g/mol. The molecule has 0 aromatic carbocycles. The minimum atomic E-state index is -0.594. The predicted molar refractivity (Wildman–Crippen MR) is 230 cm³/mol. The zero-order valence-electron chi connectivity index (χ0n) is 38.9. The Morgan fingerprint density at radius 2 is 0.714 bits per heavy atom. The number of nitrogens with zero attached hydrogens (tertiary/aromatic N) is 2. The molecule has 9 nitrogen and oxygen atoms in total. The molecule has 2 fully saturated rings. The van der Waals surface area contributed by atoms with Gasteiger partial charge in [-0.1, -0.05) is 129 Å². The van der Waals surface area contributed by atoms with Crippen molar-refractivity contribution in [1.82, 2.24) is 10.1 Å². The van der Waals surface area contributed by atoms with E-state index in [0.29, 0.717) is 38.9 Å². The summed E-state index contributed by atoms with van der Waals surface area (Å²) in [5.41, 5.74) is -1.50. The van der Waals surface area contributed by atoms with Crippen LogP contribution in [0.1, 0.15) is 237 Å². The minimum absolute atomic E-state index is 0.284. The van der Waals surface area contributed by atoms with Crippen LogP contribution in [-0.2, 0) is 28.6 Å². The lowest BCUT2D eigenvalue weighted by molar-refractivity contribution is -0.356. The van der Waals surface area contributed by atoms with Crippen molar-refractivity contribution in [2.24, 2.45) is 0 Å². The van der Waals surface area contributed by atoms with Gasteiger partial charge in [0.05, 0.1) is 0 Å². The Morgan fingerprint density at radius 1 is 0.464 bits per heavy atom. The number of carbonyl (C=O) groups is 1. The molecule has 0 aliphatic carbocycles. The molecule has 0 amide bonds. The van der Waals surface area contributed by atoms with E-state index in [4.69, 9.17) is 28.6 Å². The first-order valence-electron chi connectivity index (χ1n) is 23.5. The highest BCUT2D eigenvalue weighted by Crippen LogP contribution is 2.42. The molecular weight excluding hydrogens is 705 g/mol. The summed E-state index contributed by atoms with van der Waals surface area (Å²) < 4.78 is 24.3. The van der Waals surface area contributed by atoms with Crippen molar-refractivity contribution in [3.63, 3.8) is 0 Å². The van der Waals surface area contributed by atoms with Gasteiger partial charge >= 0.3 is 6.16 Å². The molecule has 2 aliphatic rings. The largest absolute Gasteiger partial charge is 0.508 e. The summed E-state index contributed by atoms with van der Waals surface area (Å²) >= 11 is 0. The van der Waals surface area contributed by atoms with Gasteiger partial charge in [-0.25, -0.2) is 4.79 Å². The molecule has 56 heavy (non-hydrogen) atoms. The molecule has 2 atom stereocenters. The molecule has 0 N–H and O–H groups in total. The third-order valence-electron chi connectivity index (χ3n) is 11.8. The van der Waals surface area contributed by atoms with Gasteiger partial charge in [-0.15, -0.1) is 0 Å². The smallest absolute Gasteiger partial charge is 0.431 e. The average Bonchev–Trinajstić information content (AvgIpc) is 3.08. The van der Waals surface area contributed by atoms with E-state index in [1.165, 1.54) is 116 Å². The summed E-state index contributed by atoms with van der Waals surface area (Å²) in [6.07, 6.45) is 26.8. The third kappa shape index (κ3) is 19.9. The SMILES string of the molecule is CCCCCCCCCCCCOC(C)ON1C(C)(C)CC(OC(=O)OC2CC(C)(C)N(OC(C)OCCCCCCCCCCCC)C(C)(C)C2)CC1(C)C. The van der Waals surface area contributed by atoms with Crippen LogP contribution >= 0.6 is 0 Å². The Labute approximate surface area is 346 Å². The van der Waals surface area contributed by atoms with Crippen molar-refractivity contribution < 1.29 is 33.4 Å². The first-order valence-corrected chi connectivity index (χ1v) is 23.5. The van der Waals surface area contributed by atoms with E-state index in [2.05, 4.69) is 79.4 Å². The average molecular weight is 797 g/mol. The maximum atomic E-state index is 13.3. The summed E-state index contributed by atoms with van der Waals surface area (Å²) in [5.74, 6) is 0. The molecule has 9 heteroatoms. The summed E-state index contributed by atoms with van der Waals surface area (Å²) in [5, 5.41) is 4.13. The summed E-state index contributed by atoms with van der Waals surface area (Å²) in [7, 11) is 0. The fourth-order valence-corrected chi connectivity index (χ4v) is 9.42. The fourth-order valence-electron chi connectivity index (χ4n) is 9.42. The van der Waals surface area contributed by atoms with Gasteiger partial charge in [0.2, 0.25) is 0 Å². The molecule has 0 radical (unpaired) electrons. The number of hydroxylamine groups is 4. The zero-order valence-corrected chi connectivity index (χ0v) is 38.9. The van der Waals surface area contributed by atoms with Gasteiger partial charge in [-0.05, 0) is 82.1 Å². The third-order valence-corrected chi connectivity index (χ3v) is 11.8. The van der Waals surface area contributed by atoms with Crippen LogP contribution in [0.2, 0.25) is 0 Å². The van der Waals surface area contributed by atoms with Crippen molar-refractivity contribution in [3.8, 4) is 0 Å². The van der Waals surface area contributed by atoms with E-state index >= 15 is 0 Å². The van der Waals surface area contributed by atoms with Gasteiger partial charge < -0.3 is 18.9 Å². The quantitative estimate of drug-likeness (QED) is 0.0401. The van der Waals surface area contributed by atoms with Crippen molar-refractivity contribution >= 4 is 6.16 Å². The van der Waals surface area contributed by atoms with E-state index in [9.17, 15) is 4.79 Å². The van der Waals surface area contributed by atoms with Crippen LogP contribution < -0.4 is 0 Å². The van der Waals surface area contributed by atoms with Gasteiger partial charge in [0.15, 0.2) is 12.6 Å². The normalized spacial score (nSPS) is 21.2. The van der Waals surface area contributed by atoms with Crippen molar-refractivity contribution in [2.75, 3.05) is 13.2 Å². The second kappa shape index (κ2) is 26.3. The van der Waals surface area contributed by atoms with Crippen molar-refractivity contribution in [1.29, 1.82) is 0 Å². The van der Waals surface area contributed by atoms with Crippen LogP contribution in [0.4, 0.5) is 4.79 Å². The zero-order chi connectivity index (χ0) is 41.7. The fraction of sp³-hybridized carbons (Fsp3) is 0.979. The molecule has 0 aromatic heterocycles. The molecule has 0 bridgehead atoms. The van der Waals surface area contributed by atoms with Crippen LogP contribution in [0.25, 0.3) is 0 Å². The lowest BCUT2D eigenvalue weighted by Gasteiger charge is -2.54. The van der Waals surface area contributed by atoms with Gasteiger partial charge in [0.25, 0.3) is 0 Å². The highest BCUT2D eigenvalue weighted by Gasteiger charge is 2.51. The molecule has 0 spiro atoms. The van der Waals surface area contributed by atoms with Crippen molar-refractivity contribution in [2.45, 2.75) is 284 Å². The Kier molecular flexibility index (Phi) is 24.0. The number of hydrogen-bond acceptors (Lipinski definition) is 9. The first kappa shape index (κ1) is 51.2. The van der Waals surface area contributed by atoms with Crippen LogP contribution in [0.5, 0.6) is 0 Å². The molecule has 2 aliphatic heterocycles. The summed E-state index contributed by atoms with van der Waals surface area (Å²) in [4.78, 5) is 26.2. The number of rotatable bonds is 30. The second-order valence-corrected chi connectivity index (χ2v) is 19.8. The lowest BCUT2D eigenvalue weighted by atomic mass is 9.80. The molecule has 0 saturated carbocycles. The Hall–Kier alpha value is -0.970. The molecule has 2 saturated heterocycles. The molecule has 332 valence electrons. The van der Waals surface area contributed by atoms with Crippen LogP contribution in [0.15, 0.2) is 0 Å². The minimum Gasteiger partial charge on any atom is -0.431 e. The number of carbonyl (C=O) groups excluding carboxylic acids is 1. The van der Waals surface area contributed by atoms with E-state index in [1.807, 2.05) is 13.8 Å². The summed E-state index contributed by atoms with van der Waals surface area (Å²) in [6, 6.07) is 0. The van der Waals surface area contributed by atoms with Gasteiger partial charge in [-0.2, -0.15) is 10.1 Å². The van der Waals surface area contributed by atoms with Gasteiger partial charge in [0, 0.05) is 61.1 Å². The Morgan fingerprint density at radius 3 is 0.982 bits per heavy atom. The highest BCUT2D eigenvalue weighted by molar-refractivity contribution is 5.60. The van der Waals surface area contributed by atoms with Gasteiger partial charge in [0.1, 0.15) is 12.2 Å². The van der Waals surface area contributed by atoms with E-state index in [-0.39, 0.29) is 46.9 Å². The Balaban J connectivity index is 1.73. The van der Waals surface area contributed by atoms with E-state index in [1.54, 1.807) is 0 Å². The topological polar surface area (TPSA) is 78.9 Å². The summed E-state index contributed by atoms with van der Waals surface area (Å²) in [6.45, 7) is 27.1. The lowest BCUT2D eigenvalue weighted by Crippen LogP contribution is -2.63. The standard InChI is InChI=1S/C47H92N2O7/c1-13-15-17-19-21-23-25-27-29-31-33-51-39(3)55-48-44(5,6)35-41(36-45(48,7)8)53-43(50)54-42-37-46(9,10)49(47(11,12)38-42)56-40(4)52-34-32-30-28-26-24-22-20-18-16-14-2/h39-42H,13-38H2,1-12H3. The number of hydrogen-bond donors (Lipinski definition) is 0. The van der Waals surface area contributed by atoms with Crippen LogP contribution in [0.3, 0.4) is 0 Å². The maximum Gasteiger partial charge on any atom is 0.508 e. The van der Waals surface area contributed by atoms with Crippen LogP contribution in [-0.4, -0.2) is 76.4 Å². The first-order chi connectivity index (χ1) is 26.4. The van der Waals surface area contributed by atoms with Crippen LogP contribution in [0, 0.1) is 0 Å². The highest BCUT2D eigenvalue weighted by atomic mass is 16.8. The number of piperidine rings is 2. The molecule has 0 aromatic rings. The van der Waals surface area contributed by atoms with Gasteiger partial charge in [-0.3, -0.25) is 9.68 Å². The number of ether oxygens (including phenoxy) is 4. The molecule has 2 unspecified atom stereocenters. The molecular formula is C47H92N2O7.